The minimum atomic E-state index is -4.90. The van der Waals surface area contributed by atoms with E-state index in [1.54, 1.807) is 39.9 Å². The van der Waals surface area contributed by atoms with Gasteiger partial charge < -0.3 is 19.3 Å². The minimum absolute atomic E-state index is 0.0922. The van der Waals surface area contributed by atoms with Gasteiger partial charge in [-0.3, -0.25) is 9.48 Å². The SMILES string of the molecule is COc1ccc(Cn2ncc(N3CCC[C@H]3COCc3cc4n(n3)CCN(c3ncc(C(F)(F)F)cn3)C4)c(C(F)(F)F)c2=O)cc1. The summed E-state index contributed by atoms with van der Waals surface area (Å²) in [5.74, 6) is 0.749. The van der Waals surface area contributed by atoms with Gasteiger partial charge >= 0.3 is 12.4 Å². The monoisotopic (exact) mass is 664 g/mol. The number of aromatic nitrogens is 6. The minimum Gasteiger partial charge on any atom is -0.497 e. The van der Waals surface area contributed by atoms with Gasteiger partial charge in [0.25, 0.3) is 5.56 Å². The number of hydrogen-bond acceptors (Lipinski definition) is 9. The van der Waals surface area contributed by atoms with Crippen LogP contribution in [0.3, 0.4) is 0 Å². The summed E-state index contributed by atoms with van der Waals surface area (Å²) in [6.07, 6.45) is -5.65. The zero-order valence-corrected chi connectivity index (χ0v) is 25.1. The Morgan fingerprint density at radius 1 is 0.957 bits per heavy atom. The number of alkyl halides is 6. The maximum atomic E-state index is 14.3. The zero-order chi connectivity index (χ0) is 33.3. The Hall–Kier alpha value is -4.67. The summed E-state index contributed by atoms with van der Waals surface area (Å²) in [6, 6.07) is 8.00. The van der Waals surface area contributed by atoms with Crippen LogP contribution in [0.15, 0.2) is 53.7 Å². The van der Waals surface area contributed by atoms with Crippen molar-refractivity contribution in [3.63, 3.8) is 0 Å². The fourth-order valence-electron chi connectivity index (χ4n) is 5.80. The van der Waals surface area contributed by atoms with Gasteiger partial charge in [0.1, 0.15) is 11.3 Å². The lowest BCUT2D eigenvalue weighted by Crippen LogP contribution is -2.39. The summed E-state index contributed by atoms with van der Waals surface area (Å²) >= 11 is 0. The molecule has 4 aromatic rings. The van der Waals surface area contributed by atoms with Crippen molar-refractivity contribution < 1.29 is 35.8 Å². The summed E-state index contributed by atoms with van der Waals surface area (Å²) < 4.78 is 95.1. The highest BCUT2D eigenvalue weighted by Crippen LogP contribution is 2.37. The van der Waals surface area contributed by atoms with Crippen molar-refractivity contribution in [1.29, 1.82) is 0 Å². The maximum absolute atomic E-state index is 14.3. The number of methoxy groups -OCH3 is 1. The molecule has 2 aliphatic rings. The van der Waals surface area contributed by atoms with E-state index in [2.05, 4.69) is 20.2 Å². The maximum Gasteiger partial charge on any atom is 0.423 e. The number of anilines is 2. The average molecular weight is 665 g/mol. The smallest absolute Gasteiger partial charge is 0.423 e. The first kappa shape index (κ1) is 32.3. The van der Waals surface area contributed by atoms with Crippen molar-refractivity contribution in [3.05, 3.63) is 87.4 Å². The molecule has 0 N–H and O–H groups in total. The first-order valence-corrected chi connectivity index (χ1v) is 14.7. The Balaban J connectivity index is 1.11. The third-order valence-corrected chi connectivity index (χ3v) is 8.14. The van der Waals surface area contributed by atoms with Crippen molar-refractivity contribution in [3.8, 4) is 5.75 Å². The van der Waals surface area contributed by atoms with E-state index in [-0.39, 0.29) is 31.4 Å². The van der Waals surface area contributed by atoms with Crippen molar-refractivity contribution in [2.45, 2.75) is 57.5 Å². The molecule has 1 fully saturated rings. The standard InChI is InChI=1S/C30H30F6N8O3/c1-46-24-6-4-19(5-7-24)15-44-27(45)26(30(34,35)36)25(14-39-44)42-8-2-3-22(42)18-47-17-21-11-23-16-41(9-10-43(23)40-21)28-37-12-20(13-38-28)29(31,32)33/h4-7,11-14,22H,2-3,8-10,15-18H2,1H3/t22-/m0/s1. The highest BCUT2D eigenvalue weighted by molar-refractivity contribution is 5.54. The number of ether oxygens (including phenoxy) is 2. The van der Waals surface area contributed by atoms with E-state index in [1.807, 2.05) is 0 Å². The molecule has 5 heterocycles. The summed E-state index contributed by atoms with van der Waals surface area (Å²) in [7, 11) is 1.50. The van der Waals surface area contributed by atoms with Crippen LogP contribution in [-0.4, -0.2) is 62.4 Å². The van der Waals surface area contributed by atoms with Crippen molar-refractivity contribution >= 4 is 11.6 Å². The molecular formula is C30H30F6N8O3. The second-order valence-electron chi connectivity index (χ2n) is 11.3. The molecule has 6 rings (SSSR count). The van der Waals surface area contributed by atoms with Gasteiger partial charge in [0.2, 0.25) is 5.95 Å². The van der Waals surface area contributed by atoms with Gasteiger partial charge in [-0.05, 0) is 36.6 Å². The third kappa shape index (κ3) is 7.03. The molecule has 11 nitrogen and oxygen atoms in total. The average Bonchev–Trinajstić information content (AvgIpc) is 3.67. The quantitative estimate of drug-likeness (QED) is 0.239. The van der Waals surface area contributed by atoms with Gasteiger partial charge in [0.05, 0.1) is 74.8 Å². The summed E-state index contributed by atoms with van der Waals surface area (Å²) in [4.78, 5) is 24.1. The van der Waals surface area contributed by atoms with Crippen LogP contribution in [0.1, 0.15) is 40.9 Å². The number of fused-ring (bicyclic) bond motifs is 1. The second kappa shape index (κ2) is 12.8. The van der Waals surface area contributed by atoms with Gasteiger partial charge in [-0.15, -0.1) is 0 Å². The van der Waals surface area contributed by atoms with Crippen molar-refractivity contribution in [1.82, 2.24) is 29.5 Å². The van der Waals surface area contributed by atoms with E-state index < -0.39 is 35.1 Å². The fourth-order valence-corrected chi connectivity index (χ4v) is 5.80. The van der Waals surface area contributed by atoms with Crippen LogP contribution in [0.5, 0.6) is 5.75 Å². The lowest BCUT2D eigenvalue weighted by Gasteiger charge is -2.28. The molecule has 3 aromatic heterocycles. The van der Waals surface area contributed by atoms with Crippen LogP contribution < -0.4 is 20.1 Å². The molecule has 1 aromatic carbocycles. The van der Waals surface area contributed by atoms with Gasteiger partial charge in [-0.25, -0.2) is 14.6 Å². The number of halogens is 6. The first-order valence-electron chi connectivity index (χ1n) is 14.7. The van der Waals surface area contributed by atoms with Gasteiger partial charge in [0, 0.05) is 25.5 Å². The molecule has 0 amide bonds. The van der Waals surface area contributed by atoms with Crippen LogP contribution in [0.4, 0.5) is 38.0 Å². The molecule has 2 aliphatic heterocycles. The van der Waals surface area contributed by atoms with Gasteiger partial charge in [0.15, 0.2) is 0 Å². The van der Waals surface area contributed by atoms with E-state index in [0.29, 0.717) is 56.0 Å². The van der Waals surface area contributed by atoms with Crippen LogP contribution >= 0.6 is 0 Å². The molecule has 1 atom stereocenters. The molecular weight excluding hydrogens is 634 g/mol. The highest BCUT2D eigenvalue weighted by atomic mass is 19.4. The predicted molar refractivity (Wildman–Crippen MR) is 156 cm³/mol. The molecule has 250 valence electrons. The van der Waals surface area contributed by atoms with E-state index in [1.165, 1.54) is 12.0 Å². The van der Waals surface area contributed by atoms with Crippen molar-refractivity contribution in [2.24, 2.45) is 0 Å². The van der Waals surface area contributed by atoms with Crippen LogP contribution in [-0.2, 0) is 43.3 Å². The lowest BCUT2D eigenvalue weighted by atomic mass is 10.1. The topological polar surface area (TPSA) is 103 Å². The molecule has 47 heavy (non-hydrogen) atoms. The fraction of sp³-hybridized carbons (Fsp3) is 0.433. The molecule has 17 heteroatoms. The lowest BCUT2D eigenvalue weighted by molar-refractivity contribution is -0.139. The predicted octanol–water partition coefficient (Wildman–Crippen LogP) is 4.53. The van der Waals surface area contributed by atoms with E-state index in [0.717, 1.165) is 29.0 Å². The molecule has 1 saturated heterocycles. The number of rotatable bonds is 9. The second-order valence-corrected chi connectivity index (χ2v) is 11.3. The molecule has 0 saturated carbocycles. The van der Waals surface area contributed by atoms with Gasteiger partial charge in [-0.1, -0.05) is 12.1 Å². The normalized spacial score (nSPS) is 16.9. The highest BCUT2D eigenvalue weighted by Gasteiger charge is 2.41. The zero-order valence-electron chi connectivity index (χ0n) is 25.1. The first-order chi connectivity index (χ1) is 22.4. The number of nitrogens with zero attached hydrogens (tertiary/aromatic N) is 8. The molecule has 0 radical (unpaired) electrons. The summed E-state index contributed by atoms with van der Waals surface area (Å²) in [6.45, 7) is 1.57. The Morgan fingerprint density at radius 3 is 2.38 bits per heavy atom. The Morgan fingerprint density at radius 2 is 1.70 bits per heavy atom. The van der Waals surface area contributed by atoms with E-state index in [4.69, 9.17) is 9.47 Å². The van der Waals surface area contributed by atoms with E-state index in [9.17, 15) is 31.1 Å². The Bertz CT molecular complexity index is 1760. The number of hydrogen-bond donors (Lipinski definition) is 0. The molecule has 0 bridgehead atoms. The third-order valence-electron chi connectivity index (χ3n) is 8.14. The van der Waals surface area contributed by atoms with Gasteiger partial charge in [-0.2, -0.15) is 36.5 Å². The van der Waals surface area contributed by atoms with Crippen molar-refractivity contribution in [2.75, 3.05) is 36.6 Å². The summed E-state index contributed by atoms with van der Waals surface area (Å²) in [5.41, 5.74) is -1.72. The molecule has 0 aliphatic carbocycles. The van der Waals surface area contributed by atoms with Crippen LogP contribution in [0.25, 0.3) is 0 Å². The van der Waals surface area contributed by atoms with E-state index >= 15 is 0 Å². The Kier molecular flexibility index (Phi) is 8.82. The molecule has 0 unspecified atom stereocenters. The molecule has 0 spiro atoms. The number of benzene rings is 1. The summed E-state index contributed by atoms with van der Waals surface area (Å²) in [5, 5.41) is 8.62. The van der Waals surface area contributed by atoms with Crippen LogP contribution in [0, 0.1) is 0 Å². The Labute approximate surface area is 264 Å². The largest absolute Gasteiger partial charge is 0.497 e. The van der Waals surface area contributed by atoms with Crippen LogP contribution in [0.2, 0.25) is 0 Å².